The monoisotopic (exact) mass is 247 g/mol. The summed E-state index contributed by atoms with van der Waals surface area (Å²) in [6, 6.07) is 4.48. The first-order valence-corrected chi connectivity index (χ1v) is 6.62. The molecule has 0 unspecified atom stereocenters. The van der Waals surface area contributed by atoms with Crippen LogP contribution in [0.5, 0.6) is 0 Å². The van der Waals surface area contributed by atoms with Gasteiger partial charge in [0.15, 0.2) is 0 Å². The predicted octanol–water partition coefficient (Wildman–Crippen LogP) is 1.68. The van der Waals surface area contributed by atoms with E-state index in [2.05, 4.69) is 29.0 Å². The van der Waals surface area contributed by atoms with Crippen LogP contribution in [0.3, 0.4) is 0 Å². The molecule has 2 rings (SSSR count). The first kappa shape index (κ1) is 13.0. The summed E-state index contributed by atoms with van der Waals surface area (Å²) < 4.78 is 0. The van der Waals surface area contributed by atoms with Crippen molar-refractivity contribution in [2.75, 3.05) is 13.1 Å². The SMILES string of the molecule is CC(C)N1CCC(NC(=O)c2cccnc2)CC1. The van der Waals surface area contributed by atoms with Gasteiger partial charge in [-0.25, -0.2) is 0 Å². The second kappa shape index (κ2) is 5.96. The Kier molecular flexibility index (Phi) is 4.31. The summed E-state index contributed by atoms with van der Waals surface area (Å²) in [5, 5.41) is 3.09. The van der Waals surface area contributed by atoms with Gasteiger partial charge < -0.3 is 10.2 Å². The summed E-state index contributed by atoms with van der Waals surface area (Å²) in [7, 11) is 0. The maximum atomic E-state index is 12.0. The molecule has 1 fully saturated rings. The van der Waals surface area contributed by atoms with Gasteiger partial charge in [0.25, 0.3) is 5.91 Å². The lowest BCUT2D eigenvalue weighted by atomic mass is 10.0. The summed E-state index contributed by atoms with van der Waals surface area (Å²) in [4.78, 5) is 18.4. The minimum Gasteiger partial charge on any atom is -0.349 e. The van der Waals surface area contributed by atoms with Crippen LogP contribution < -0.4 is 5.32 Å². The average molecular weight is 247 g/mol. The van der Waals surface area contributed by atoms with E-state index >= 15 is 0 Å². The second-order valence-electron chi connectivity index (χ2n) is 5.12. The number of carbonyl (C=O) groups excluding carboxylic acids is 1. The van der Waals surface area contributed by atoms with Gasteiger partial charge >= 0.3 is 0 Å². The highest BCUT2D eigenvalue weighted by Crippen LogP contribution is 2.13. The number of likely N-dealkylation sites (tertiary alicyclic amines) is 1. The molecular weight excluding hydrogens is 226 g/mol. The summed E-state index contributed by atoms with van der Waals surface area (Å²) in [5.41, 5.74) is 0.642. The minimum atomic E-state index is -0.00824. The maximum absolute atomic E-state index is 12.0. The van der Waals surface area contributed by atoms with Gasteiger partial charge in [-0.2, -0.15) is 0 Å². The lowest BCUT2D eigenvalue weighted by Gasteiger charge is -2.34. The molecule has 4 nitrogen and oxygen atoms in total. The van der Waals surface area contributed by atoms with Gasteiger partial charge in [-0.1, -0.05) is 0 Å². The molecule has 1 aromatic rings. The molecule has 2 heterocycles. The predicted molar refractivity (Wildman–Crippen MR) is 71.4 cm³/mol. The number of piperidine rings is 1. The molecule has 98 valence electrons. The maximum Gasteiger partial charge on any atom is 0.253 e. The summed E-state index contributed by atoms with van der Waals surface area (Å²) in [6.07, 6.45) is 5.35. The van der Waals surface area contributed by atoms with E-state index in [1.807, 2.05) is 0 Å². The van der Waals surface area contributed by atoms with Gasteiger partial charge in [0, 0.05) is 37.6 Å². The van der Waals surface area contributed by atoms with E-state index in [0.717, 1.165) is 25.9 Å². The van der Waals surface area contributed by atoms with Crippen molar-refractivity contribution in [3.05, 3.63) is 30.1 Å². The van der Waals surface area contributed by atoms with Gasteiger partial charge in [0.2, 0.25) is 0 Å². The van der Waals surface area contributed by atoms with E-state index in [9.17, 15) is 4.79 Å². The van der Waals surface area contributed by atoms with E-state index < -0.39 is 0 Å². The number of hydrogen-bond donors (Lipinski definition) is 1. The van der Waals surface area contributed by atoms with Crippen LogP contribution in [0.4, 0.5) is 0 Å². The molecule has 1 aromatic heterocycles. The molecule has 4 heteroatoms. The number of pyridine rings is 1. The zero-order valence-electron chi connectivity index (χ0n) is 11.1. The third-order valence-electron chi connectivity index (χ3n) is 3.52. The smallest absolute Gasteiger partial charge is 0.253 e. The molecular formula is C14H21N3O. The Balaban J connectivity index is 1.83. The van der Waals surface area contributed by atoms with E-state index in [1.54, 1.807) is 24.5 Å². The fraction of sp³-hybridized carbons (Fsp3) is 0.571. The minimum absolute atomic E-state index is 0.00824. The molecule has 1 N–H and O–H groups in total. The molecule has 0 aliphatic carbocycles. The van der Waals surface area contributed by atoms with Crippen LogP contribution in [-0.4, -0.2) is 41.0 Å². The zero-order chi connectivity index (χ0) is 13.0. The molecule has 0 aromatic carbocycles. The fourth-order valence-electron chi connectivity index (χ4n) is 2.33. The average Bonchev–Trinajstić information content (AvgIpc) is 2.40. The molecule has 1 aliphatic heterocycles. The molecule has 0 atom stereocenters. The molecule has 0 spiro atoms. The number of amides is 1. The van der Waals surface area contributed by atoms with Crippen LogP contribution in [0.25, 0.3) is 0 Å². The van der Waals surface area contributed by atoms with Crippen molar-refractivity contribution in [2.45, 2.75) is 38.8 Å². The summed E-state index contributed by atoms with van der Waals surface area (Å²) in [5.74, 6) is -0.00824. The lowest BCUT2D eigenvalue weighted by molar-refractivity contribution is 0.0900. The highest BCUT2D eigenvalue weighted by atomic mass is 16.1. The fourth-order valence-corrected chi connectivity index (χ4v) is 2.33. The van der Waals surface area contributed by atoms with Crippen LogP contribution in [0.1, 0.15) is 37.0 Å². The van der Waals surface area contributed by atoms with Crippen molar-refractivity contribution in [3.63, 3.8) is 0 Å². The Morgan fingerprint density at radius 2 is 2.17 bits per heavy atom. The number of carbonyl (C=O) groups is 1. The second-order valence-corrected chi connectivity index (χ2v) is 5.12. The quantitative estimate of drug-likeness (QED) is 0.884. The Hall–Kier alpha value is -1.42. The summed E-state index contributed by atoms with van der Waals surface area (Å²) >= 11 is 0. The topological polar surface area (TPSA) is 45.2 Å². The van der Waals surface area contributed by atoms with E-state index in [1.165, 1.54) is 0 Å². The number of nitrogens with zero attached hydrogens (tertiary/aromatic N) is 2. The highest BCUT2D eigenvalue weighted by molar-refractivity contribution is 5.93. The Morgan fingerprint density at radius 3 is 2.72 bits per heavy atom. The van der Waals surface area contributed by atoms with Gasteiger partial charge in [-0.15, -0.1) is 0 Å². The Bertz CT molecular complexity index is 383. The van der Waals surface area contributed by atoms with Crippen LogP contribution in [0.2, 0.25) is 0 Å². The Morgan fingerprint density at radius 1 is 1.44 bits per heavy atom. The Labute approximate surface area is 108 Å². The van der Waals surface area contributed by atoms with Crippen molar-refractivity contribution >= 4 is 5.91 Å². The third kappa shape index (κ3) is 3.29. The summed E-state index contributed by atoms with van der Waals surface area (Å²) in [6.45, 7) is 6.56. The molecule has 1 saturated heterocycles. The van der Waals surface area contributed by atoms with Crippen LogP contribution in [0.15, 0.2) is 24.5 Å². The molecule has 0 saturated carbocycles. The van der Waals surface area contributed by atoms with Gasteiger partial charge in [-0.3, -0.25) is 9.78 Å². The molecule has 0 radical (unpaired) electrons. The van der Waals surface area contributed by atoms with Crippen LogP contribution in [-0.2, 0) is 0 Å². The third-order valence-corrected chi connectivity index (χ3v) is 3.52. The highest BCUT2D eigenvalue weighted by Gasteiger charge is 2.22. The number of nitrogens with one attached hydrogen (secondary N) is 1. The van der Waals surface area contributed by atoms with Crippen molar-refractivity contribution < 1.29 is 4.79 Å². The largest absolute Gasteiger partial charge is 0.349 e. The van der Waals surface area contributed by atoms with Crippen molar-refractivity contribution in [2.24, 2.45) is 0 Å². The molecule has 18 heavy (non-hydrogen) atoms. The van der Waals surface area contributed by atoms with E-state index in [-0.39, 0.29) is 5.91 Å². The molecule has 0 bridgehead atoms. The standard InChI is InChI=1S/C14H21N3O/c1-11(2)17-8-5-13(6-9-17)16-14(18)12-4-3-7-15-10-12/h3-4,7,10-11,13H,5-6,8-9H2,1-2H3,(H,16,18). The van der Waals surface area contributed by atoms with Crippen molar-refractivity contribution in [1.29, 1.82) is 0 Å². The number of aromatic nitrogens is 1. The number of rotatable bonds is 3. The molecule has 1 amide bonds. The van der Waals surface area contributed by atoms with Gasteiger partial charge in [0.1, 0.15) is 0 Å². The van der Waals surface area contributed by atoms with Gasteiger partial charge in [-0.05, 0) is 38.8 Å². The lowest BCUT2D eigenvalue weighted by Crippen LogP contribution is -2.46. The zero-order valence-corrected chi connectivity index (χ0v) is 11.1. The van der Waals surface area contributed by atoms with Crippen molar-refractivity contribution in [3.8, 4) is 0 Å². The van der Waals surface area contributed by atoms with Crippen LogP contribution >= 0.6 is 0 Å². The van der Waals surface area contributed by atoms with Gasteiger partial charge in [0.05, 0.1) is 5.56 Å². The first-order valence-electron chi connectivity index (χ1n) is 6.62. The van der Waals surface area contributed by atoms with E-state index in [0.29, 0.717) is 17.6 Å². The molecule has 1 aliphatic rings. The normalized spacial score (nSPS) is 17.9. The van der Waals surface area contributed by atoms with Crippen molar-refractivity contribution in [1.82, 2.24) is 15.2 Å². The number of hydrogen-bond acceptors (Lipinski definition) is 3. The first-order chi connectivity index (χ1) is 8.66. The van der Waals surface area contributed by atoms with Crippen LogP contribution in [0, 0.1) is 0 Å². The van der Waals surface area contributed by atoms with E-state index in [4.69, 9.17) is 0 Å².